The third-order valence-electron chi connectivity index (χ3n) is 4.79. The molecule has 0 saturated carbocycles. The molecule has 1 aliphatic heterocycles. The smallest absolute Gasteiger partial charge is 0.253 e. The van der Waals surface area contributed by atoms with Crippen LogP contribution < -0.4 is 5.32 Å². The number of carbonyl (C=O) groups excluding carboxylic acids is 1. The lowest BCUT2D eigenvalue weighted by molar-refractivity contribution is -0.131. The van der Waals surface area contributed by atoms with Gasteiger partial charge in [-0.15, -0.1) is 0 Å². The van der Waals surface area contributed by atoms with Crippen molar-refractivity contribution in [3.63, 3.8) is 0 Å². The predicted octanol–water partition coefficient (Wildman–Crippen LogP) is 3.22. The molecule has 1 heterocycles. The Morgan fingerprint density at radius 2 is 1.78 bits per heavy atom. The average Bonchev–Trinajstić information content (AvgIpc) is 2.71. The number of methoxy groups -OCH3 is 1. The number of hydrogen-bond acceptors (Lipinski definition) is 4. The van der Waals surface area contributed by atoms with Gasteiger partial charge in [-0.3, -0.25) is 9.69 Å². The van der Waals surface area contributed by atoms with E-state index in [-0.39, 0.29) is 11.9 Å². The van der Waals surface area contributed by atoms with Crippen molar-refractivity contribution in [2.75, 3.05) is 40.0 Å². The van der Waals surface area contributed by atoms with Crippen LogP contribution in [0.3, 0.4) is 0 Å². The van der Waals surface area contributed by atoms with Gasteiger partial charge in [0.2, 0.25) is 0 Å². The van der Waals surface area contributed by atoms with Crippen molar-refractivity contribution in [2.45, 2.75) is 12.1 Å². The topological polar surface area (TPSA) is 50.8 Å². The van der Waals surface area contributed by atoms with Gasteiger partial charge in [0, 0.05) is 31.8 Å². The fraction of sp³-hybridized carbons (Fsp3) is 0.381. The Hall–Kier alpha value is -1.92. The van der Waals surface area contributed by atoms with Crippen molar-refractivity contribution in [3.05, 3.63) is 70.7 Å². The fourth-order valence-electron chi connectivity index (χ4n) is 3.34. The van der Waals surface area contributed by atoms with Gasteiger partial charge < -0.3 is 14.8 Å². The lowest BCUT2D eigenvalue weighted by Gasteiger charge is -2.35. The fourth-order valence-corrected chi connectivity index (χ4v) is 3.47. The highest BCUT2D eigenvalue weighted by Gasteiger charge is 2.25. The van der Waals surface area contributed by atoms with E-state index in [1.165, 1.54) is 0 Å². The quantitative estimate of drug-likeness (QED) is 0.791. The number of morpholine rings is 1. The molecule has 144 valence electrons. The standard InChI is InChI=1S/C21H25ClN2O3/c1-26-20(17-5-3-2-4-6-17)21(25)23-15-19(24-11-13-27-14-12-24)16-7-9-18(22)10-8-16/h2-10,19-20H,11-15H2,1H3,(H,23,25)/t19-,20-/m1/s1. The average molecular weight is 389 g/mol. The molecule has 0 spiro atoms. The Morgan fingerprint density at radius 1 is 1.11 bits per heavy atom. The van der Waals surface area contributed by atoms with Gasteiger partial charge in [0.05, 0.1) is 19.3 Å². The summed E-state index contributed by atoms with van der Waals surface area (Å²) in [6.07, 6.45) is -0.623. The number of ether oxygens (including phenoxy) is 2. The molecular weight excluding hydrogens is 364 g/mol. The number of rotatable bonds is 7. The monoisotopic (exact) mass is 388 g/mol. The van der Waals surface area contributed by atoms with Gasteiger partial charge in [-0.05, 0) is 23.3 Å². The molecule has 0 radical (unpaired) electrons. The van der Waals surface area contributed by atoms with E-state index >= 15 is 0 Å². The number of halogens is 1. The van der Waals surface area contributed by atoms with Crippen molar-refractivity contribution >= 4 is 17.5 Å². The van der Waals surface area contributed by atoms with Crippen LogP contribution in [-0.2, 0) is 14.3 Å². The number of amides is 1. The Morgan fingerprint density at radius 3 is 2.41 bits per heavy atom. The van der Waals surface area contributed by atoms with Crippen molar-refractivity contribution in [3.8, 4) is 0 Å². The zero-order valence-corrected chi connectivity index (χ0v) is 16.2. The summed E-state index contributed by atoms with van der Waals surface area (Å²) in [5.74, 6) is -0.143. The van der Waals surface area contributed by atoms with Gasteiger partial charge in [-0.1, -0.05) is 54.1 Å². The maximum Gasteiger partial charge on any atom is 0.253 e. The molecule has 1 fully saturated rings. The van der Waals surface area contributed by atoms with Crippen LogP contribution in [-0.4, -0.2) is 50.8 Å². The van der Waals surface area contributed by atoms with Crippen LogP contribution in [0.25, 0.3) is 0 Å². The van der Waals surface area contributed by atoms with Gasteiger partial charge in [-0.2, -0.15) is 0 Å². The van der Waals surface area contributed by atoms with Crippen LogP contribution in [0.2, 0.25) is 5.02 Å². The first-order chi connectivity index (χ1) is 13.2. The first kappa shape index (κ1) is 19.8. The minimum absolute atomic E-state index is 0.0587. The Kier molecular flexibility index (Phi) is 7.24. The zero-order chi connectivity index (χ0) is 19.1. The number of benzene rings is 2. The van der Waals surface area contributed by atoms with Gasteiger partial charge in [-0.25, -0.2) is 0 Å². The number of hydrogen-bond donors (Lipinski definition) is 1. The molecule has 0 aliphatic carbocycles. The van der Waals surface area contributed by atoms with Crippen LogP contribution >= 0.6 is 11.6 Å². The number of carbonyl (C=O) groups is 1. The lowest BCUT2D eigenvalue weighted by Crippen LogP contribution is -2.44. The number of nitrogens with zero attached hydrogens (tertiary/aromatic N) is 1. The SMILES string of the molecule is CO[C@@H](C(=O)NC[C@H](c1ccc(Cl)cc1)N1CCOCC1)c1ccccc1. The highest BCUT2D eigenvalue weighted by molar-refractivity contribution is 6.30. The van der Waals surface area contributed by atoms with Gasteiger partial charge >= 0.3 is 0 Å². The minimum Gasteiger partial charge on any atom is -0.379 e. The van der Waals surface area contributed by atoms with E-state index in [4.69, 9.17) is 21.1 Å². The summed E-state index contributed by atoms with van der Waals surface area (Å²) in [6, 6.07) is 17.4. The van der Waals surface area contributed by atoms with E-state index in [1.807, 2.05) is 54.6 Å². The van der Waals surface area contributed by atoms with Gasteiger partial charge in [0.25, 0.3) is 5.91 Å². The molecule has 1 amide bonds. The van der Waals surface area contributed by atoms with E-state index in [9.17, 15) is 4.79 Å². The molecule has 2 atom stereocenters. The third kappa shape index (κ3) is 5.30. The molecule has 3 rings (SSSR count). The third-order valence-corrected chi connectivity index (χ3v) is 5.04. The molecule has 0 unspecified atom stereocenters. The molecule has 5 nitrogen and oxygen atoms in total. The van der Waals surface area contributed by atoms with Crippen molar-refractivity contribution in [1.29, 1.82) is 0 Å². The van der Waals surface area contributed by atoms with E-state index in [0.29, 0.717) is 24.8 Å². The van der Waals surface area contributed by atoms with Crippen LogP contribution in [0.1, 0.15) is 23.3 Å². The van der Waals surface area contributed by atoms with Crippen LogP contribution in [0.4, 0.5) is 0 Å². The molecule has 1 aliphatic rings. The molecule has 1 saturated heterocycles. The van der Waals surface area contributed by atoms with Gasteiger partial charge in [0.1, 0.15) is 0 Å². The zero-order valence-electron chi connectivity index (χ0n) is 15.4. The second-order valence-corrected chi connectivity index (χ2v) is 6.92. The highest BCUT2D eigenvalue weighted by Crippen LogP contribution is 2.24. The largest absolute Gasteiger partial charge is 0.379 e. The Bertz CT molecular complexity index is 718. The molecular formula is C21H25ClN2O3. The summed E-state index contributed by atoms with van der Waals surface area (Å²) in [5, 5.41) is 3.76. The predicted molar refractivity (Wildman–Crippen MR) is 106 cm³/mol. The summed E-state index contributed by atoms with van der Waals surface area (Å²) >= 11 is 6.04. The summed E-state index contributed by atoms with van der Waals surface area (Å²) < 4.78 is 10.9. The molecule has 6 heteroatoms. The summed E-state index contributed by atoms with van der Waals surface area (Å²) in [7, 11) is 1.55. The molecule has 1 N–H and O–H groups in total. The molecule has 2 aromatic carbocycles. The normalized spacial score (nSPS) is 17.3. The summed E-state index contributed by atoms with van der Waals surface area (Å²) in [4.78, 5) is 15.1. The first-order valence-corrected chi connectivity index (χ1v) is 9.49. The Labute approximate surface area is 165 Å². The molecule has 27 heavy (non-hydrogen) atoms. The van der Waals surface area contributed by atoms with E-state index < -0.39 is 6.10 Å². The minimum atomic E-state index is -0.623. The van der Waals surface area contributed by atoms with E-state index in [2.05, 4.69) is 10.2 Å². The van der Waals surface area contributed by atoms with Crippen molar-refractivity contribution < 1.29 is 14.3 Å². The van der Waals surface area contributed by atoms with Crippen molar-refractivity contribution in [1.82, 2.24) is 10.2 Å². The highest BCUT2D eigenvalue weighted by atomic mass is 35.5. The van der Waals surface area contributed by atoms with Crippen molar-refractivity contribution in [2.24, 2.45) is 0 Å². The van der Waals surface area contributed by atoms with Crippen LogP contribution in [0.15, 0.2) is 54.6 Å². The first-order valence-electron chi connectivity index (χ1n) is 9.11. The number of nitrogens with one attached hydrogen (secondary N) is 1. The Balaban J connectivity index is 1.71. The van der Waals surface area contributed by atoms with Gasteiger partial charge in [0.15, 0.2) is 6.10 Å². The second-order valence-electron chi connectivity index (χ2n) is 6.49. The molecule has 2 aromatic rings. The summed E-state index contributed by atoms with van der Waals surface area (Å²) in [5.41, 5.74) is 1.96. The van der Waals surface area contributed by atoms with Crippen LogP contribution in [0.5, 0.6) is 0 Å². The lowest BCUT2D eigenvalue weighted by atomic mass is 10.0. The maximum atomic E-state index is 12.7. The molecule has 0 bridgehead atoms. The maximum absolute atomic E-state index is 12.7. The van der Waals surface area contributed by atoms with E-state index in [0.717, 1.165) is 24.2 Å². The molecule has 0 aromatic heterocycles. The summed E-state index contributed by atoms with van der Waals surface area (Å²) in [6.45, 7) is 3.55. The van der Waals surface area contributed by atoms with E-state index in [1.54, 1.807) is 7.11 Å². The second kappa shape index (κ2) is 9.85. The van der Waals surface area contributed by atoms with Crippen LogP contribution in [0, 0.1) is 0 Å².